The summed E-state index contributed by atoms with van der Waals surface area (Å²) in [5, 5.41) is 0. The first kappa shape index (κ1) is 10.2. The van der Waals surface area contributed by atoms with Crippen LogP contribution >= 0.6 is 0 Å². The van der Waals surface area contributed by atoms with E-state index in [9.17, 15) is 0 Å². The van der Waals surface area contributed by atoms with E-state index in [0.29, 0.717) is 5.92 Å². The Labute approximate surface area is 69.5 Å². The second-order valence-electron chi connectivity index (χ2n) is 2.83. The van der Waals surface area contributed by atoms with E-state index in [1.54, 1.807) is 6.08 Å². The lowest BCUT2D eigenvalue weighted by Gasteiger charge is -2.04. The van der Waals surface area contributed by atoms with Crippen LogP contribution in [0.25, 0.3) is 0 Å². The average molecular weight is 151 g/mol. The summed E-state index contributed by atoms with van der Waals surface area (Å²) in [6.07, 6.45) is 3.81. The average Bonchev–Trinajstić information content (AvgIpc) is 1.99. The van der Waals surface area contributed by atoms with E-state index in [2.05, 4.69) is 25.4 Å². The third-order valence-electron chi connectivity index (χ3n) is 1.49. The van der Waals surface area contributed by atoms with Crippen molar-refractivity contribution in [1.82, 2.24) is 0 Å². The molecule has 0 aliphatic rings. The smallest absolute Gasteiger partial charge is 0.0389 e. The minimum absolute atomic E-state index is 0.495. The molecule has 0 rings (SSSR count). The third kappa shape index (κ3) is 3.76. The lowest BCUT2D eigenvalue weighted by Crippen LogP contribution is -1.93. The molecule has 1 nitrogen and oxygen atoms in total. The van der Waals surface area contributed by atoms with Gasteiger partial charge in [-0.2, -0.15) is 0 Å². The first-order valence-electron chi connectivity index (χ1n) is 3.95. The van der Waals surface area contributed by atoms with Crippen LogP contribution in [-0.4, -0.2) is 5.71 Å². The number of aliphatic imine (C=N–C) groups is 1. The molecule has 0 aromatic carbocycles. The summed E-state index contributed by atoms with van der Waals surface area (Å²) >= 11 is 0. The van der Waals surface area contributed by atoms with Gasteiger partial charge in [0.25, 0.3) is 0 Å². The highest BCUT2D eigenvalue weighted by Gasteiger charge is 1.98. The molecule has 0 saturated carbocycles. The van der Waals surface area contributed by atoms with Gasteiger partial charge in [0.15, 0.2) is 0 Å². The minimum atomic E-state index is 0.495. The molecule has 0 bridgehead atoms. The van der Waals surface area contributed by atoms with E-state index < -0.39 is 0 Å². The zero-order valence-corrected chi connectivity index (χ0v) is 7.89. The Kier molecular flexibility index (Phi) is 4.51. The van der Waals surface area contributed by atoms with Crippen LogP contribution in [0.2, 0.25) is 0 Å². The van der Waals surface area contributed by atoms with Crippen molar-refractivity contribution >= 4 is 5.71 Å². The summed E-state index contributed by atoms with van der Waals surface area (Å²) in [5.41, 5.74) is 2.11. The Bertz CT molecular complexity index is 185. The van der Waals surface area contributed by atoms with E-state index in [1.165, 1.54) is 0 Å². The molecule has 0 unspecified atom stereocenters. The van der Waals surface area contributed by atoms with Crippen LogP contribution < -0.4 is 0 Å². The Morgan fingerprint density at radius 3 is 2.27 bits per heavy atom. The predicted octanol–water partition coefficient (Wildman–Crippen LogP) is 3.19. The van der Waals surface area contributed by atoms with Crippen molar-refractivity contribution in [3.8, 4) is 0 Å². The normalized spacial score (nSPS) is 13.9. The molecule has 0 aromatic heterocycles. The highest BCUT2D eigenvalue weighted by Crippen LogP contribution is 2.10. The molecular weight excluding hydrogens is 134 g/mol. The first-order valence-corrected chi connectivity index (χ1v) is 3.95. The summed E-state index contributed by atoms with van der Waals surface area (Å²) in [4.78, 5) is 4.37. The van der Waals surface area contributed by atoms with Crippen LogP contribution in [0.4, 0.5) is 0 Å². The zero-order valence-electron chi connectivity index (χ0n) is 7.89. The molecule has 62 valence electrons. The van der Waals surface area contributed by atoms with Crippen molar-refractivity contribution in [2.75, 3.05) is 0 Å². The fourth-order valence-corrected chi connectivity index (χ4v) is 0.776. The Hall–Kier alpha value is -0.850. The van der Waals surface area contributed by atoms with E-state index in [0.717, 1.165) is 11.4 Å². The fourth-order valence-electron chi connectivity index (χ4n) is 0.776. The summed E-state index contributed by atoms with van der Waals surface area (Å²) in [6.45, 7) is 11.9. The highest BCUT2D eigenvalue weighted by atomic mass is 14.8. The van der Waals surface area contributed by atoms with Crippen molar-refractivity contribution in [2.24, 2.45) is 10.9 Å². The van der Waals surface area contributed by atoms with Gasteiger partial charge in [-0.1, -0.05) is 26.5 Å². The maximum absolute atomic E-state index is 4.37. The molecule has 0 N–H and O–H groups in total. The summed E-state index contributed by atoms with van der Waals surface area (Å²) in [5.74, 6) is 0.495. The second kappa shape index (κ2) is 4.89. The van der Waals surface area contributed by atoms with E-state index in [4.69, 9.17) is 0 Å². The highest BCUT2D eigenvalue weighted by molar-refractivity contribution is 5.92. The van der Waals surface area contributed by atoms with Crippen LogP contribution in [-0.2, 0) is 0 Å². The van der Waals surface area contributed by atoms with Crippen molar-refractivity contribution in [3.63, 3.8) is 0 Å². The van der Waals surface area contributed by atoms with E-state index in [-0.39, 0.29) is 0 Å². The summed E-state index contributed by atoms with van der Waals surface area (Å²) in [7, 11) is 0. The SMILES string of the molecule is C=CC(C)=N/C(=C\C)C(C)C. The topological polar surface area (TPSA) is 12.4 Å². The number of hydrogen-bond donors (Lipinski definition) is 0. The molecule has 0 heterocycles. The van der Waals surface area contributed by atoms with Gasteiger partial charge in [-0.15, -0.1) is 0 Å². The second-order valence-corrected chi connectivity index (χ2v) is 2.83. The molecule has 0 spiro atoms. The van der Waals surface area contributed by atoms with Gasteiger partial charge >= 0.3 is 0 Å². The van der Waals surface area contributed by atoms with Crippen LogP contribution in [0, 0.1) is 5.92 Å². The van der Waals surface area contributed by atoms with Gasteiger partial charge < -0.3 is 0 Å². The van der Waals surface area contributed by atoms with Crippen LogP contribution in [0.3, 0.4) is 0 Å². The number of rotatable bonds is 3. The number of hydrogen-bond acceptors (Lipinski definition) is 1. The first-order chi connectivity index (χ1) is 5.11. The van der Waals surface area contributed by atoms with Gasteiger partial charge in [-0.25, -0.2) is 0 Å². The number of allylic oxidation sites excluding steroid dienone is 3. The van der Waals surface area contributed by atoms with Gasteiger partial charge in [-0.05, 0) is 25.8 Å². The molecule has 0 fully saturated rings. The van der Waals surface area contributed by atoms with Crippen molar-refractivity contribution in [3.05, 3.63) is 24.4 Å². The third-order valence-corrected chi connectivity index (χ3v) is 1.49. The lowest BCUT2D eigenvalue weighted by molar-refractivity contribution is 0.756. The van der Waals surface area contributed by atoms with Gasteiger partial charge in [0, 0.05) is 11.4 Å². The quantitative estimate of drug-likeness (QED) is 0.549. The summed E-state index contributed by atoms with van der Waals surface area (Å²) < 4.78 is 0. The molecule has 0 radical (unpaired) electrons. The Morgan fingerprint density at radius 1 is 1.45 bits per heavy atom. The van der Waals surface area contributed by atoms with Gasteiger partial charge in [0.05, 0.1) is 0 Å². The largest absolute Gasteiger partial charge is 0.258 e. The molecule has 0 aromatic rings. The molecular formula is C10H17N. The summed E-state index contributed by atoms with van der Waals surface area (Å²) in [6, 6.07) is 0. The Balaban J connectivity index is 4.44. The van der Waals surface area contributed by atoms with E-state index in [1.807, 2.05) is 19.9 Å². The molecule has 1 heteroatoms. The van der Waals surface area contributed by atoms with Crippen LogP contribution in [0.15, 0.2) is 29.4 Å². The van der Waals surface area contributed by atoms with Crippen LogP contribution in [0.1, 0.15) is 27.7 Å². The maximum atomic E-state index is 4.37. The maximum Gasteiger partial charge on any atom is 0.0389 e. The molecule has 0 amide bonds. The van der Waals surface area contributed by atoms with Gasteiger partial charge in [-0.3, -0.25) is 4.99 Å². The van der Waals surface area contributed by atoms with Crippen LogP contribution in [0.5, 0.6) is 0 Å². The molecule has 0 aliphatic carbocycles. The lowest BCUT2D eigenvalue weighted by atomic mass is 10.1. The molecule has 0 atom stereocenters. The van der Waals surface area contributed by atoms with Crippen molar-refractivity contribution < 1.29 is 0 Å². The molecule has 11 heavy (non-hydrogen) atoms. The monoisotopic (exact) mass is 151 g/mol. The standard InChI is InChI=1S/C10H17N/c1-6-9(5)11-10(7-2)8(3)4/h6-8H,1H2,2-5H3/b10-7-,11-9?. The van der Waals surface area contributed by atoms with Gasteiger partial charge in [0.2, 0.25) is 0 Å². The number of nitrogens with zero attached hydrogens (tertiary/aromatic N) is 1. The van der Waals surface area contributed by atoms with Crippen molar-refractivity contribution in [1.29, 1.82) is 0 Å². The van der Waals surface area contributed by atoms with E-state index >= 15 is 0 Å². The Morgan fingerprint density at radius 2 is 2.00 bits per heavy atom. The zero-order chi connectivity index (χ0) is 8.85. The minimum Gasteiger partial charge on any atom is -0.258 e. The predicted molar refractivity (Wildman–Crippen MR) is 51.9 cm³/mol. The van der Waals surface area contributed by atoms with Crippen molar-refractivity contribution in [2.45, 2.75) is 27.7 Å². The molecule has 0 saturated heterocycles. The molecule has 0 aliphatic heterocycles. The fraction of sp³-hybridized carbons (Fsp3) is 0.500. The van der Waals surface area contributed by atoms with Gasteiger partial charge in [0.1, 0.15) is 0 Å².